The van der Waals surface area contributed by atoms with Crippen molar-refractivity contribution in [1.29, 1.82) is 0 Å². The molecule has 1 aliphatic heterocycles. The molecule has 0 radical (unpaired) electrons. The Bertz CT molecular complexity index is 873. The van der Waals surface area contributed by atoms with Crippen molar-refractivity contribution in [2.45, 2.75) is 26.3 Å². The molecule has 2 aromatic rings. The second-order valence-electron chi connectivity index (χ2n) is 5.82. The number of fused-ring (bicyclic) bond motifs is 1. The number of aryl methyl sites for hydroxylation is 1. The average molecular weight is 355 g/mol. The predicted octanol–water partition coefficient (Wildman–Crippen LogP) is 3.00. The minimum Gasteiger partial charge on any atom is -0.334 e. The Kier molecular flexibility index (Phi) is 4.18. The summed E-state index contributed by atoms with van der Waals surface area (Å²) in [6.45, 7) is 4.02. The summed E-state index contributed by atoms with van der Waals surface area (Å²) in [5.74, 6) is -0.388. The molecule has 124 valence electrons. The van der Waals surface area contributed by atoms with Gasteiger partial charge in [-0.2, -0.15) is 0 Å². The zero-order chi connectivity index (χ0) is 16.8. The highest BCUT2D eigenvalue weighted by Crippen LogP contribution is 2.34. The van der Waals surface area contributed by atoms with Gasteiger partial charge < -0.3 is 4.90 Å². The van der Waals surface area contributed by atoms with Crippen molar-refractivity contribution < 1.29 is 17.6 Å². The summed E-state index contributed by atoms with van der Waals surface area (Å²) < 4.78 is 38.1. The Balaban J connectivity index is 1.99. The third kappa shape index (κ3) is 2.87. The molecule has 1 fully saturated rings. The molecule has 2 heterocycles. The first-order chi connectivity index (χ1) is 10.8. The third-order valence-corrected chi connectivity index (χ3v) is 7.34. The summed E-state index contributed by atoms with van der Waals surface area (Å²) in [6.07, 6.45) is 0.472. The van der Waals surface area contributed by atoms with Gasteiger partial charge in [-0.1, -0.05) is 6.07 Å². The minimum absolute atomic E-state index is 0.0187. The van der Waals surface area contributed by atoms with Crippen molar-refractivity contribution in [2.24, 2.45) is 0 Å². The van der Waals surface area contributed by atoms with Gasteiger partial charge in [0.15, 0.2) is 9.84 Å². The van der Waals surface area contributed by atoms with Gasteiger partial charge in [0.1, 0.15) is 5.82 Å². The van der Waals surface area contributed by atoms with Gasteiger partial charge in [0.2, 0.25) is 0 Å². The molecule has 1 amide bonds. The number of thiophene rings is 1. The monoisotopic (exact) mass is 355 g/mol. The number of carbonyl (C=O) groups is 1. The zero-order valence-electron chi connectivity index (χ0n) is 13.0. The van der Waals surface area contributed by atoms with Crippen LogP contribution in [0.3, 0.4) is 0 Å². The first-order valence-electron chi connectivity index (χ1n) is 7.53. The predicted molar refractivity (Wildman–Crippen MR) is 90.3 cm³/mol. The lowest BCUT2D eigenvalue weighted by molar-refractivity contribution is 0.0713. The van der Waals surface area contributed by atoms with E-state index in [-0.39, 0.29) is 29.3 Å². The quantitative estimate of drug-likeness (QED) is 0.850. The summed E-state index contributed by atoms with van der Waals surface area (Å²) >= 11 is 1.27. The van der Waals surface area contributed by atoms with E-state index in [1.54, 1.807) is 24.0 Å². The van der Waals surface area contributed by atoms with Crippen LogP contribution in [0.2, 0.25) is 0 Å². The van der Waals surface area contributed by atoms with E-state index in [1.165, 1.54) is 17.4 Å². The normalized spacial score (nSPS) is 20.0. The van der Waals surface area contributed by atoms with Crippen molar-refractivity contribution >= 4 is 37.2 Å². The molecular weight excluding hydrogens is 337 g/mol. The molecular formula is C16H18FNO3S2. The number of rotatable bonds is 3. The van der Waals surface area contributed by atoms with Crippen LogP contribution in [0.15, 0.2) is 18.2 Å². The van der Waals surface area contributed by atoms with Gasteiger partial charge >= 0.3 is 0 Å². The van der Waals surface area contributed by atoms with Crippen LogP contribution in [0, 0.1) is 12.7 Å². The number of hydrogen-bond donors (Lipinski definition) is 0. The number of sulfone groups is 1. The molecule has 1 aromatic heterocycles. The van der Waals surface area contributed by atoms with Gasteiger partial charge in [-0.25, -0.2) is 12.8 Å². The maximum atomic E-state index is 14.0. The molecule has 0 N–H and O–H groups in total. The second-order valence-corrected chi connectivity index (χ2v) is 9.10. The molecule has 1 aliphatic rings. The van der Waals surface area contributed by atoms with E-state index in [0.717, 1.165) is 4.70 Å². The molecule has 0 unspecified atom stereocenters. The number of halogens is 1. The first-order valence-corrected chi connectivity index (χ1v) is 10.2. The van der Waals surface area contributed by atoms with Gasteiger partial charge in [0.05, 0.1) is 16.4 Å². The van der Waals surface area contributed by atoms with Crippen LogP contribution in [0.5, 0.6) is 0 Å². The Hall–Kier alpha value is -1.47. The maximum absolute atomic E-state index is 14.0. The van der Waals surface area contributed by atoms with Crippen molar-refractivity contribution in [3.05, 3.63) is 34.5 Å². The molecule has 1 aromatic carbocycles. The molecule has 0 bridgehead atoms. The smallest absolute Gasteiger partial charge is 0.264 e. The largest absolute Gasteiger partial charge is 0.334 e. The van der Waals surface area contributed by atoms with Crippen molar-refractivity contribution in [3.8, 4) is 0 Å². The Morgan fingerprint density at radius 3 is 2.74 bits per heavy atom. The fraction of sp³-hybridized carbons (Fsp3) is 0.438. The van der Waals surface area contributed by atoms with Crippen LogP contribution >= 0.6 is 11.3 Å². The summed E-state index contributed by atoms with van der Waals surface area (Å²) in [6, 6.07) is 4.52. The highest BCUT2D eigenvalue weighted by atomic mass is 32.2. The molecule has 23 heavy (non-hydrogen) atoms. The van der Waals surface area contributed by atoms with Gasteiger partial charge in [0, 0.05) is 22.7 Å². The Labute approximate surface area is 138 Å². The number of carbonyl (C=O) groups excluding carboxylic acids is 1. The van der Waals surface area contributed by atoms with Crippen LogP contribution in [0.1, 0.15) is 28.6 Å². The Morgan fingerprint density at radius 1 is 1.43 bits per heavy atom. The lowest BCUT2D eigenvalue weighted by Crippen LogP contribution is -2.40. The van der Waals surface area contributed by atoms with Gasteiger partial charge in [-0.3, -0.25) is 4.79 Å². The third-order valence-electron chi connectivity index (χ3n) is 4.35. The SMILES string of the molecule is CCN(C(=O)c1sc2cccc(F)c2c1C)[C@H]1CCS(=O)(=O)C1. The van der Waals surface area contributed by atoms with E-state index in [0.29, 0.717) is 28.8 Å². The number of nitrogens with zero attached hydrogens (tertiary/aromatic N) is 1. The second kappa shape index (κ2) is 5.87. The van der Waals surface area contributed by atoms with E-state index in [4.69, 9.17) is 0 Å². The van der Waals surface area contributed by atoms with Crippen LogP contribution in [0.4, 0.5) is 4.39 Å². The van der Waals surface area contributed by atoms with Crippen molar-refractivity contribution in [1.82, 2.24) is 4.90 Å². The van der Waals surface area contributed by atoms with Crippen LogP contribution in [0.25, 0.3) is 10.1 Å². The number of hydrogen-bond acceptors (Lipinski definition) is 4. The summed E-state index contributed by atoms with van der Waals surface area (Å²) in [5, 5.41) is 0.482. The van der Waals surface area contributed by atoms with Gasteiger partial charge in [-0.05, 0) is 38.0 Å². The molecule has 1 saturated heterocycles. The lowest BCUT2D eigenvalue weighted by atomic mass is 10.1. The summed E-state index contributed by atoms with van der Waals surface area (Å²) in [4.78, 5) is 15.0. The lowest BCUT2D eigenvalue weighted by Gasteiger charge is -2.26. The summed E-state index contributed by atoms with van der Waals surface area (Å²) in [5.41, 5.74) is 0.632. The molecule has 1 atom stereocenters. The van der Waals surface area contributed by atoms with E-state index < -0.39 is 9.84 Å². The molecule has 0 aliphatic carbocycles. The first kappa shape index (κ1) is 16.4. The van der Waals surface area contributed by atoms with Crippen LogP contribution < -0.4 is 0 Å². The number of benzene rings is 1. The Morgan fingerprint density at radius 2 is 2.17 bits per heavy atom. The topological polar surface area (TPSA) is 54.5 Å². The van der Waals surface area contributed by atoms with Crippen molar-refractivity contribution in [2.75, 3.05) is 18.1 Å². The van der Waals surface area contributed by atoms with Crippen LogP contribution in [-0.2, 0) is 9.84 Å². The summed E-state index contributed by atoms with van der Waals surface area (Å²) in [7, 11) is -3.06. The van der Waals surface area contributed by atoms with Crippen LogP contribution in [-0.4, -0.2) is 43.3 Å². The highest BCUT2D eigenvalue weighted by Gasteiger charge is 2.35. The fourth-order valence-electron chi connectivity index (χ4n) is 3.18. The molecule has 0 spiro atoms. The van der Waals surface area contributed by atoms with Gasteiger partial charge in [-0.15, -0.1) is 11.3 Å². The molecule has 7 heteroatoms. The zero-order valence-corrected chi connectivity index (χ0v) is 14.6. The van der Waals surface area contributed by atoms with E-state index in [9.17, 15) is 17.6 Å². The maximum Gasteiger partial charge on any atom is 0.264 e. The molecule has 3 rings (SSSR count). The molecule has 0 saturated carbocycles. The van der Waals surface area contributed by atoms with Crippen molar-refractivity contribution in [3.63, 3.8) is 0 Å². The van der Waals surface area contributed by atoms with Gasteiger partial charge in [0.25, 0.3) is 5.91 Å². The fourth-order valence-corrected chi connectivity index (χ4v) is 6.09. The average Bonchev–Trinajstić information content (AvgIpc) is 3.01. The minimum atomic E-state index is -3.06. The molecule has 4 nitrogen and oxygen atoms in total. The van der Waals surface area contributed by atoms with E-state index >= 15 is 0 Å². The van der Waals surface area contributed by atoms with E-state index in [2.05, 4.69) is 0 Å². The highest BCUT2D eigenvalue weighted by molar-refractivity contribution is 7.91. The standard InChI is InChI=1S/C16H18FNO3S2/c1-3-18(11-7-8-23(20,21)9-11)16(19)15-10(2)14-12(17)5-4-6-13(14)22-15/h4-6,11H,3,7-9H2,1-2H3/t11-/m0/s1. The van der Waals surface area contributed by atoms with E-state index in [1.807, 2.05) is 6.92 Å². The number of amides is 1.